The van der Waals surface area contributed by atoms with Gasteiger partial charge in [0.1, 0.15) is 6.33 Å². The summed E-state index contributed by atoms with van der Waals surface area (Å²) >= 11 is 0. The number of hydrogen-bond acceptors (Lipinski definition) is 6. The number of halogens is 3. The fourth-order valence-corrected chi connectivity index (χ4v) is 1.41. The Morgan fingerprint density at radius 3 is 2.55 bits per heavy atom. The van der Waals surface area contributed by atoms with Gasteiger partial charge in [0.05, 0.1) is 10.6 Å². The van der Waals surface area contributed by atoms with Crippen LogP contribution < -0.4 is 11.1 Å². The smallest absolute Gasteiger partial charge is 0.353 e. The third-order valence-electron chi connectivity index (χ3n) is 2.32. The van der Waals surface area contributed by atoms with Crippen molar-refractivity contribution in [3.63, 3.8) is 0 Å². The van der Waals surface area contributed by atoms with Crippen LogP contribution >= 0.6 is 0 Å². The maximum Gasteiger partial charge on any atom is 0.353 e. The van der Waals surface area contributed by atoms with E-state index in [-0.39, 0.29) is 0 Å². The largest absolute Gasteiger partial charge is 0.378 e. The lowest BCUT2D eigenvalue weighted by Crippen LogP contribution is -2.06. The van der Waals surface area contributed by atoms with Crippen molar-refractivity contribution in [1.29, 1.82) is 0 Å². The van der Waals surface area contributed by atoms with E-state index in [1.54, 1.807) is 0 Å². The molecule has 0 unspecified atom stereocenters. The first kappa shape index (κ1) is 13.5. The summed E-state index contributed by atoms with van der Waals surface area (Å²) in [7, 11) is 0. The van der Waals surface area contributed by atoms with Crippen molar-refractivity contribution in [3.05, 3.63) is 46.0 Å². The van der Waals surface area contributed by atoms with E-state index >= 15 is 0 Å². The summed E-state index contributed by atoms with van der Waals surface area (Å²) in [4.78, 5) is 16.9. The van der Waals surface area contributed by atoms with Gasteiger partial charge in [0, 0.05) is 0 Å². The molecule has 0 aliphatic heterocycles. The van der Waals surface area contributed by atoms with E-state index < -0.39 is 45.4 Å². The summed E-state index contributed by atoms with van der Waals surface area (Å²) in [6, 6.07) is 1.53. The van der Waals surface area contributed by atoms with Crippen LogP contribution in [-0.4, -0.2) is 14.9 Å². The van der Waals surface area contributed by atoms with Gasteiger partial charge in [-0.05, 0) is 12.1 Å². The van der Waals surface area contributed by atoms with Crippen LogP contribution in [0.15, 0.2) is 18.5 Å². The molecule has 0 fully saturated rings. The number of nitrogens with zero attached hydrogens (tertiary/aromatic N) is 3. The Kier molecular flexibility index (Phi) is 3.37. The lowest BCUT2D eigenvalue weighted by molar-refractivity contribution is -0.383. The van der Waals surface area contributed by atoms with E-state index in [0.29, 0.717) is 6.07 Å². The molecule has 0 amide bonds. The Balaban J connectivity index is 2.48. The molecule has 2 aromatic rings. The highest BCUT2D eigenvalue weighted by Crippen LogP contribution is 2.30. The van der Waals surface area contributed by atoms with Gasteiger partial charge >= 0.3 is 5.69 Å². The SMILES string of the molecule is Nc1ncnc(Nc2ccc(F)c(F)c2F)c1[N+](=O)[O-]. The highest BCUT2D eigenvalue weighted by Gasteiger charge is 2.23. The van der Waals surface area contributed by atoms with Gasteiger partial charge in [-0.2, -0.15) is 0 Å². The zero-order valence-electron chi connectivity index (χ0n) is 9.60. The zero-order chi connectivity index (χ0) is 14.9. The molecule has 1 aromatic carbocycles. The maximum atomic E-state index is 13.5. The molecule has 0 spiro atoms. The van der Waals surface area contributed by atoms with Crippen LogP contribution in [0.4, 0.5) is 36.2 Å². The van der Waals surface area contributed by atoms with E-state index in [2.05, 4.69) is 15.3 Å². The van der Waals surface area contributed by atoms with Crippen LogP contribution in [0.25, 0.3) is 0 Å². The van der Waals surface area contributed by atoms with Crippen LogP contribution in [0, 0.1) is 27.6 Å². The molecule has 0 bridgehead atoms. The van der Waals surface area contributed by atoms with Crippen molar-refractivity contribution >= 4 is 23.0 Å². The first-order valence-electron chi connectivity index (χ1n) is 5.07. The average molecular weight is 285 g/mol. The second kappa shape index (κ2) is 4.99. The molecule has 0 aliphatic carbocycles. The molecule has 10 heteroatoms. The molecule has 1 heterocycles. The zero-order valence-corrected chi connectivity index (χ0v) is 9.60. The second-order valence-corrected chi connectivity index (χ2v) is 3.56. The van der Waals surface area contributed by atoms with Gasteiger partial charge in [-0.1, -0.05) is 0 Å². The number of nitro groups is 1. The Morgan fingerprint density at radius 1 is 1.20 bits per heavy atom. The molecule has 3 N–H and O–H groups in total. The predicted octanol–water partition coefficient (Wildman–Crippen LogP) is 2.13. The summed E-state index contributed by atoms with van der Waals surface area (Å²) in [6.07, 6.45) is 0.905. The average Bonchev–Trinajstić information content (AvgIpc) is 2.39. The summed E-state index contributed by atoms with van der Waals surface area (Å²) < 4.78 is 39.3. The molecule has 0 aliphatic rings. The van der Waals surface area contributed by atoms with Gasteiger partial charge in [0.2, 0.25) is 11.6 Å². The van der Waals surface area contributed by atoms with Crippen molar-refractivity contribution in [2.24, 2.45) is 0 Å². The van der Waals surface area contributed by atoms with Gasteiger partial charge in [-0.3, -0.25) is 10.1 Å². The van der Waals surface area contributed by atoms with E-state index in [9.17, 15) is 23.3 Å². The molecular weight excluding hydrogens is 279 g/mol. The van der Waals surface area contributed by atoms with Crippen LogP contribution in [0.1, 0.15) is 0 Å². The van der Waals surface area contributed by atoms with Gasteiger partial charge in [-0.25, -0.2) is 23.1 Å². The quantitative estimate of drug-likeness (QED) is 0.508. The Hall–Kier alpha value is -2.91. The lowest BCUT2D eigenvalue weighted by atomic mass is 10.2. The highest BCUT2D eigenvalue weighted by atomic mass is 19.2. The number of nitrogen functional groups attached to an aromatic ring is 1. The first-order valence-corrected chi connectivity index (χ1v) is 5.07. The van der Waals surface area contributed by atoms with E-state index in [4.69, 9.17) is 5.73 Å². The molecule has 2 rings (SSSR count). The van der Waals surface area contributed by atoms with Crippen molar-refractivity contribution in [3.8, 4) is 0 Å². The third kappa shape index (κ3) is 2.30. The predicted molar refractivity (Wildman–Crippen MR) is 62.7 cm³/mol. The number of anilines is 3. The maximum absolute atomic E-state index is 13.5. The number of benzene rings is 1. The number of hydrogen-bond donors (Lipinski definition) is 2. The van der Waals surface area contributed by atoms with Crippen LogP contribution in [0.2, 0.25) is 0 Å². The molecule has 20 heavy (non-hydrogen) atoms. The van der Waals surface area contributed by atoms with E-state index in [1.807, 2.05) is 0 Å². The summed E-state index contributed by atoms with van der Waals surface area (Å²) in [5, 5.41) is 13.0. The molecule has 0 radical (unpaired) electrons. The second-order valence-electron chi connectivity index (χ2n) is 3.56. The van der Waals surface area contributed by atoms with Crippen LogP contribution in [0.5, 0.6) is 0 Å². The molecule has 0 saturated heterocycles. The molecular formula is C10H6F3N5O2. The fourth-order valence-electron chi connectivity index (χ4n) is 1.41. The lowest BCUT2D eigenvalue weighted by Gasteiger charge is -2.08. The number of rotatable bonds is 3. The minimum absolute atomic E-state index is 0.438. The Morgan fingerprint density at radius 2 is 1.90 bits per heavy atom. The molecule has 0 saturated carbocycles. The van der Waals surface area contributed by atoms with Gasteiger partial charge in [-0.15, -0.1) is 0 Å². The minimum Gasteiger partial charge on any atom is -0.378 e. The number of aromatic nitrogens is 2. The van der Waals surface area contributed by atoms with Gasteiger partial charge in [0.25, 0.3) is 0 Å². The monoisotopic (exact) mass is 285 g/mol. The fraction of sp³-hybridized carbons (Fsp3) is 0. The third-order valence-corrected chi connectivity index (χ3v) is 2.32. The number of nitrogens with one attached hydrogen (secondary N) is 1. The number of nitrogens with two attached hydrogens (primary N) is 1. The van der Waals surface area contributed by atoms with Crippen molar-refractivity contribution < 1.29 is 18.1 Å². The van der Waals surface area contributed by atoms with Crippen molar-refractivity contribution in [2.75, 3.05) is 11.1 Å². The first-order chi connectivity index (χ1) is 9.41. The van der Waals surface area contributed by atoms with E-state index in [1.165, 1.54) is 0 Å². The summed E-state index contributed by atoms with van der Waals surface area (Å²) in [6.45, 7) is 0. The summed E-state index contributed by atoms with van der Waals surface area (Å²) in [5.41, 5.74) is 4.09. The van der Waals surface area contributed by atoms with E-state index in [0.717, 1.165) is 12.4 Å². The van der Waals surface area contributed by atoms with Crippen molar-refractivity contribution in [1.82, 2.24) is 9.97 Å². The molecule has 1 aromatic heterocycles. The van der Waals surface area contributed by atoms with Crippen LogP contribution in [-0.2, 0) is 0 Å². The summed E-state index contributed by atoms with van der Waals surface area (Å²) in [5.74, 6) is -5.51. The topological polar surface area (TPSA) is 107 Å². The normalized spacial score (nSPS) is 10.3. The van der Waals surface area contributed by atoms with Gasteiger partial charge in [0.15, 0.2) is 17.5 Å². The van der Waals surface area contributed by atoms with Gasteiger partial charge < -0.3 is 11.1 Å². The molecule has 104 valence electrons. The highest BCUT2D eigenvalue weighted by molar-refractivity contribution is 5.72. The van der Waals surface area contributed by atoms with Crippen molar-refractivity contribution in [2.45, 2.75) is 0 Å². The van der Waals surface area contributed by atoms with Crippen LogP contribution in [0.3, 0.4) is 0 Å². The standard InChI is InChI=1S/C10H6F3N5O2/c11-4-1-2-5(7(13)6(4)12)17-10-8(18(19)20)9(14)15-3-16-10/h1-3H,(H3,14,15,16,17). The molecule has 7 nitrogen and oxygen atoms in total. The Bertz CT molecular complexity index is 695. The Labute approximate surface area is 109 Å². The minimum atomic E-state index is -1.71. The molecule has 0 atom stereocenters.